The van der Waals surface area contributed by atoms with Gasteiger partial charge in [0.05, 0.1) is 36.3 Å². The Balaban J connectivity index is 1.37. The highest BCUT2D eigenvalue weighted by Crippen LogP contribution is 2.34. The Labute approximate surface area is 282 Å². The predicted molar refractivity (Wildman–Crippen MR) is 193 cm³/mol. The lowest BCUT2D eigenvalue weighted by Crippen LogP contribution is -2.36. The van der Waals surface area contributed by atoms with E-state index >= 15 is 0 Å². The quantitative estimate of drug-likeness (QED) is 0.174. The van der Waals surface area contributed by atoms with Gasteiger partial charge >= 0.3 is 0 Å². The first-order chi connectivity index (χ1) is 22.6. The molecule has 0 aromatic carbocycles. The van der Waals surface area contributed by atoms with Crippen molar-refractivity contribution < 1.29 is 19.7 Å². The Morgan fingerprint density at radius 1 is 1.00 bits per heavy atom. The molecular weight excluding hydrogens is 609 g/mol. The molecule has 47 heavy (non-hydrogen) atoms. The molecule has 0 aliphatic carbocycles. The molecule has 8 bridgehead atoms. The summed E-state index contributed by atoms with van der Waals surface area (Å²) in [5.41, 5.74) is 15.6. The maximum absolute atomic E-state index is 10.1. The van der Waals surface area contributed by atoms with Crippen LogP contribution in [0.5, 0.6) is 0 Å². The van der Waals surface area contributed by atoms with Gasteiger partial charge in [-0.1, -0.05) is 13.8 Å². The number of nitrogens with one attached hydrogen (secondary N) is 2. The van der Waals surface area contributed by atoms with Gasteiger partial charge in [-0.2, -0.15) is 0 Å². The van der Waals surface area contributed by atoms with Crippen molar-refractivity contribution >= 4 is 45.5 Å². The largest absolute Gasteiger partial charge is 0.394 e. The molecule has 6 rings (SSSR count). The summed E-state index contributed by atoms with van der Waals surface area (Å²) in [4.78, 5) is 17.7. The molecule has 6 heterocycles. The van der Waals surface area contributed by atoms with Crippen LogP contribution in [0.3, 0.4) is 0 Å². The van der Waals surface area contributed by atoms with Crippen LogP contribution in [0.2, 0.25) is 0 Å². The average Bonchev–Trinajstić information content (AvgIpc) is 3.76. The molecule has 3 aliphatic rings. The minimum atomic E-state index is -0.418. The number of hydrogen-bond donors (Lipinski definition) is 4. The van der Waals surface area contributed by atoms with Crippen molar-refractivity contribution in [2.24, 2.45) is 0 Å². The topological polar surface area (TPSA) is 116 Å². The standard InChI is InChI=1S/C38H50N4O4S/c1-8-28-22(4)33-18-36-38(25(7)45-10-9-11-47-37-15-26(44)14-27(19-43)46-37)24(6)34(42-36)16-29-20(2)12-31(39-29)23(5)32-13-21(3)30(40-32)17-35(28)41-33/h13,16-18,20,25-27,37,41-44H,8-12,14-15,19H2,1-7H3. The van der Waals surface area contributed by atoms with E-state index in [0.717, 1.165) is 81.0 Å². The predicted octanol–water partition coefficient (Wildman–Crippen LogP) is 7.77. The van der Waals surface area contributed by atoms with E-state index in [1.807, 2.05) is 0 Å². The van der Waals surface area contributed by atoms with Crippen LogP contribution in [0.1, 0.15) is 110 Å². The number of ether oxygens (including phenoxy) is 2. The normalized spacial score (nSPS) is 22.0. The maximum atomic E-state index is 10.1. The van der Waals surface area contributed by atoms with Crippen LogP contribution in [0.15, 0.2) is 18.2 Å². The summed E-state index contributed by atoms with van der Waals surface area (Å²) >= 11 is 1.69. The molecule has 4 N–H and O–H groups in total. The smallest absolute Gasteiger partial charge is 0.106 e. The van der Waals surface area contributed by atoms with Gasteiger partial charge in [0.1, 0.15) is 5.44 Å². The van der Waals surface area contributed by atoms with E-state index in [1.54, 1.807) is 11.8 Å². The van der Waals surface area contributed by atoms with Gasteiger partial charge in [-0.25, -0.2) is 4.98 Å². The van der Waals surface area contributed by atoms with Crippen molar-refractivity contribution in [1.82, 2.24) is 19.9 Å². The molecule has 3 aromatic heterocycles. The summed E-state index contributed by atoms with van der Waals surface area (Å²) in [6.45, 7) is 15.8. The molecule has 0 amide bonds. The zero-order chi connectivity index (χ0) is 33.4. The molecule has 1 saturated heterocycles. The molecule has 0 radical (unpaired) electrons. The van der Waals surface area contributed by atoms with Gasteiger partial charge in [0.15, 0.2) is 0 Å². The van der Waals surface area contributed by atoms with E-state index in [0.29, 0.717) is 25.4 Å². The fourth-order valence-electron chi connectivity index (χ4n) is 7.19. The van der Waals surface area contributed by atoms with E-state index in [2.05, 4.69) is 82.7 Å². The Morgan fingerprint density at radius 3 is 2.53 bits per heavy atom. The summed E-state index contributed by atoms with van der Waals surface area (Å²) < 4.78 is 12.4. The van der Waals surface area contributed by atoms with Crippen LogP contribution in [-0.2, 0) is 22.3 Å². The molecule has 3 aromatic rings. The van der Waals surface area contributed by atoms with Gasteiger partial charge in [-0.3, -0.25) is 4.98 Å². The highest BCUT2D eigenvalue weighted by Gasteiger charge is 2.28. The number of fused-ring (bicyclic) bond motifs is 8. The fraction of sp³-hybridized carbons (Fsp3) is 0.526. The summed E-state index contributed by atoms with van der Waals surface area (Å²) in [6, 6.07) is 6.66. The van der Waals surface area contributed by atoms with Crippen LogP contribution >= 0.6 is 11.8 Å². The molecule has 8 nitrogen and oxygen atoms in total. The molecular formula is C38H50N4O4S. The number of rotatable bonds is 9. The van der Waals surface area contributed by atoms with E-state index in [-0.39, 0.29) is 24.3 Å². The minimum Gasteiger partial charge on any atom is -0.394 e. The number of thioether (sulfide) groups is 1. The lowest BCUT2D eigenvalue weighted by atomic mass is 10.0. The Kier molecular flexibility index (Phi) is 10.3. The van der Waals surface area contributed by atoms with Gasteiger partial charge in [0, 0.05) is 64.4 Å². The van der Waals surface area contributed by atoms with Gasteiger partial charge < -0.3 is 29.7 Å². The second-order valence-corrected chi connectivity index (χ2v) is 14.8. The van der Waals surface area contributed by atoms with Gasteiger partial charge in [-0.05, 0) is 112 Å². The van der Waals surface area contributed by atoms with Gasteiger partial charge in [-0.15, -0.1) is 11.8 Å². The van der Waals surface area contributed by atoms with Crippen molar-refractivity contribution in [2.45, 2.75) is 110 Å². The Bertz CT molecular complexity index is 1830. The Hall–Kier alpha value is -2.95. The van der Waals surface area contributed by atoms with E-state index in [4.69, 9.17) is 19.4 Å². The SMILES string of the molecule is CCc1c(C)c2cc3[nH]c(cc4nc(c(C)c5nc(cc1[nH]2)C(C)=C5)CC4C)c(C)c3C(C)OCCCSC1CC(O)CC(CO)O1. The van der Waals surface area contributed by atoms with Crippen molar-refractivity contribution in [2.75, 3.05) is 19.0 Å². The third-order valence-corrected chi connectivity index (χ3v) is 11.2. The van der Waals surface area contributed by atoms with Gasteiger partial charge in [0.2, 0.25) is 0 Å². The third-order valence-electron chi connectivity index (χ3n) is 10.0. The number of aryl methyl sites for hydroxylation is 3. The number of aliphatic hydroxyl groups excluding tert-OH is 2. The monoisotopic (exact) mass is 658 g/mol. The zero-order valence-corrected chi connectivity index (χ0v) is 29.7. The minimum absolute atomic E-state index is 0.0551. The second kappa shape index (κ2) is 14.3. The highest BCUT2D eigenvalue weighted by molar-refractivity contribution is 7.99. The molecule has 9 heteroatoms. The van der Waals surface area contributed by atoms with Crippen molar-refractivity contribution in [3.8, 4) is 0 Å². The molecule has 5 unspecified atom stereocenters. The molecule has 0 spiro atoms. The van der Waals surface area contributed by atoms with E-state index in [9.17, 15) is 10.2 Å². The van der Waals surface area contributed by atoms with Crippen molar-refractivity contribution in [1.29, 1.82) is 0 Å². The second-order valence-electron chi connectivity index (χ2n) is 13.5. The lowest BCUT2D eigenvalue weighted by molar-refractivity contribution is -0.0783. The fourth-order valence-corrected chi connectivity index (χ4v) is 8.33. The number of nitrogens with zero attached hydrogens (tertiary/aromatic N) is 2. The summed E-state index contributed by atoms with van der Waals surface area (Å²) in [5.74, 6) is 1.17. The van der Waals surface area contributed by atoms with Crippen LogP contribution in [-0.4, -0.2) is 66.8 Å². The summed E-state index contributed by atoms with van der Waals surface area (Å²) in [6.07, 6.45) is 5.15. The zero-order valence-electron chi connectivity index (χ0n) is 28.9. The average molecular weight is 659 g/mol. The Morgan fingerprint density at radius 2 is 1.77 bits per heavy atom. The van der Waals surface area contributed by atoms with Crippen LogP contribution < -0.4 is 0 Å². The first-order valence-electron chi connectivity index (χ1n) is 17.1. The molecule has 3 aliphatic heterocycles. The number of allylic oxidation sites excluding steroid dienone is 1. The summed E-state index contributed by atoms with van der Waals surface area (Å²) in [7, 11) is 0. The van der Waals surface area contributed by atoms with Crippen LogP contribution in [0.25, 0.3) is 33.7 Å². The molecule has 5 atom stereocenters. The first-order valence-corrected chi connectivity index (χ1v) is 18.2. The molecule has 0 saturated carbocycles. The lowest BCUT2D eigenvalue weighted by Gasteiger charge is -2.31. The highest BCUT2D eigenvalue weighted by atomic mass is 32.2. The number of aromatic amines is 2. The third kappa shape index (κ3) is 7.10. The number of aliphatic hydroxyl groups is 2. The van der Waals surface area contributed by atoms with Crippen LogP contribution in [0.4, 0.5) is 0 Å². The van der Waals surface area contributed by atoms with Crippen molar-refractivity contribution in [3.05, 3.63) is 68.8 Å². The number of aromatic nitrogens is 4. The van der Waals surface area contributed by atoms with Crippen LogP contribution in [0, 0.1) is 20.8 Å². The number of hydrogen-bond acceptors (Lipinski definition) is 7. The van der Waals surface area contributed by atoms with Crippen molar-refractivity contribution in [3.63, 3.8) is 0 Å². The molecule has 252 valence electrons. The molecule has 1 fully saturated rings. The van der Waals surface area contributed by atoms with E-state index in [1.165, 1.54) is 22.3 Å². The summed E-state index contributed by atoms with van der Waals surface area (Å²) in [5, 5.41) is 19.6. The first kappa shape index (κ1) is 33.9. The maximum Gasteiger partial charge on any atom is 0.106 e. The number of H-pyrrole nitrogens is 2. The van der Waals surface area contributed by atoms with E-state index < -0.39 is 6.10 Å². The van der Waals surface area contributed by atoms with Gasteiger partial charge in [0.25, 0.3) is 0 Å².